The second-order valence-electron chi connectivity index (χ2n) is 5.40. The number of hydrogen-bond donors (Lipinski definition) is 1. The summed E-state index contributed by atoms with van der Waals surface area (Å²) in [4.78, 5) is 10.9. The average molecular weight is 344 g/mol. The van der Waals surface area contributed by atoms with Crippen LogP contribution in [0.25, 0.3) is 0 Å². The van der Waals surface area contributed by atoms with E-state index in [2.05, 4.69) is 10.5 Å². The van der Waals surface area contributed by atoms with Crippen molar-refractivity contribution >= 4 is 11.8 Å². The molecule has 2 aliphatic heterocycles. The van der Waals surface area contributed by atoms with Gasteiger partial charge in [0.2, 0.25) is 0 Å². The molecule has 1 amide bonds. The molecule has 0 aliphatic carbocycles. The molecule has 0 aromatic heterocycles. The first-order chi connectivity index (χ1) is 11.4. The summed E-state index contributed by atoms with van der Waals surface area (Å²) in [5, 5.41) is 3.71. The molecule has 1 aromatic carbocycles. The van der Waals surface area contributed by atoms with Crippen LogP contribution in [0.4, 0.5) is 18.0 Å². The second kappa shape index (κ2) is 6.68. The van der Waals surface area contributed by atoms with Gasteiger partial charge in [-0.1, -0.05) is 0 Å². The van der Waals surface area contributed by atoms with Crippen molar-refractivity contribution in [3.8, 4) is 5.75 Å². The Morgan fingerprint density at radius 1 is 1.38 bits per heavy atom. The molecule has 1 saturated heterocycles. The molecular formula is C15H15F3N2O4. The lowest BCUT2D eigenvalue weighted by Gasteiger charge is -2.18. The highest BCUT2D eigenvalue weighted by Gasteiger charge is 2.35. The van der Waals surface area contributed by atoms with Gasteiger partial charge in [-0.25, -0.2) is 10.2 Å². The number of benzene rings is 1. The molecule has 0 radical (unpaired) electrons. The van der Waals surface area contributed by atoms with Crippen molar-refractivity contribution in [3.63, 3.8) is 0 Å². The summed E-state index contributed by atoms with van der Waals surface area (Å²) >= 11 is 0. The van der Waals surface area contributed by atoms with Crippen molar-refractivity contribution in [1.29, 1.82) is 0 Å². The minimum absolute atomic E-state index is 0.0720. The van der Waals surface area contributed by atoms with Gasteiger partial charge in [-0.05, 0) is 31.0 Å². The van der Waals surface area contributed by atoms with E-state index >= 15 is 0 Å². The van der Waals surface area contributed by atoms with Crippen LogP contribution in [0.1, 0.15) is 24.0 Å². The lowest BCUT2D eigenvalue weighted by molar-refractivity contribution is -0.139. The van der Waals surface area contributed by atoms with Crippen LogP contribution in [0.5, 0.6) is 5.75 Å². The Balaban J connectivity index is 1.82. The molecule has 6 nitrogen and oxygen atoms in total. The smallest absolute Gasteiger partial charge is 0.428 e. The number of carbonyl (C=O) groups excluding carboxylic acids is 1. The number of amides is 1. The molecule has 2 aliphatic rings. The van der Waals surface area contributed by atoms with E-state index in [0.29, 0.717) is 6.61 Å². The summed E-state index contributed by atoms with van der Waals surface area (Å²) in [7, 11) is 0. The molecule has 1 N–H and O–H groups in total. The molecule has 0 bridgehead atoms. The van der Waals surface area contributed by atoms with Crippen LogP contribution >= 0.6 is 0 Å². The van der Waals surface area contributed by atoms with Gasteiger partial charge >= 0.3 is 12.3 Å². The van der Waals surface area contributed by atoms with E-state index in [4.69, 9.17) is 14.2 Å². The maximum atomic E-state index is 13.3. The Bertz CT molecular complexity index is 655. The molecule has 3 rings (SSSR count). The average Bonchev–Trinajstić information content (AvgIpc) is 3.06. The van der Waals surface area contributed by atoms with Crippen LogP contribution in [0, 0.1) is 0 Å². The quantitative estimate of drug-likeness (QED) is 0.912. The van der Waals surface area contributed by atoms with Crippen LogP contribution in [0.2, 0.25) is 0 Å². The fourth-order valence-electron chi connectivity index (χ4n) is 2.47. The Labute approximate surface area is 135 Å². The zero-order valence-corrected chi connectivity index (χ0v) is 12.6. The lowest BCUT2D eigenvalue weighted by Crippen LogP contribution is -2.30. The first-order valence-corrected chi connectivity index (χ1v) is 7.39. The fraction of sp³-hybridized carbons (Fsp3) is 0.467. The van der Waals surface area contributed by atoms with E-state index in [9.17, 15) is 18.0 Å². The normalized spacial score (nSPS) is 21.0. The van der Waals surface area contributed by atoms with Crippen molar-refractivity contribution in [2.24, 2.45) is 5.10 Å². The number of nitrogens with zero attached hydrogens (tertiary/aromatic N) is 1. The second-order valence-corrected chi connectivity index (χ2v) is 5.40. The van der Waals surface area contributed by atoms with E-state index < -0.39 is 17.8 Å². The van der Waals surface area contributed by atoms with Crippen LogP contribution in [0.15, 0.2) is 23.3 Å². The standard InChI is InChI=1S/C15H15F3N2O4/c16-15(17,18)11-6-9(12-8-24-14(21)20-19-12)3-4-13(11)23-7-10-2-1-5-22-10/h3-4,6,10H,1-2,5,7-8H2,(H,20,21)/t10-/m0/s1. The first-order valence-electron chi connectivity index (χ1n) is 7.39. The summed E-state index contributed by atoms with van der Waals surface area (Å²) < 4.78 is 55.3. The number of hydrazone groups is 1. The monoisotopic (exact) mass is 344 g/mol. The van der Waals surface area contributed by atoms with Gasteiger partial charge in [-0.3, -0.25) is 0 Å². The summed E-state index contributed by atoms with van der Waals surface area (Å²) in [6.45, 7) is 0.479. The van der Waals surface area contributed by atoms with Crippen LogP contribution < -0.4 is 10.2 Å². The van der Waals surface area contributed by atoms with Crippen LogP contribution in [-0.4, -0.2) is 37.7 Å². The molecule has 1 fully saturated rings. The summed E-state index contributed by atoms with van der Waals surface area (Å²) in [6, 6.07) is 3.62. The number of halogens is 3. The maximum absolute atomic E-state index is 13.3. The van der Waals surface area contributed by atoms with Gasteiger partial charge < -0.3 is 14.2 Å². The number of hydrogen-bond acceptors (Lipinski definition) is 5. The van der Waals surface area contributed by atoms with Crippen molar-refractivity contribution < 1.29 is 32.2 Å². The van der Waals surface area contributed by atoms with Gasteiger partial charge in [-0.2, -0.15) is 18.3 Å². The van der Waals surface area contributed by atoms with E-state index in [1.807, 2.05) is 0 Å². The number of nitrogens with one attached hydrogen (secondary N) is 1. The van der Waals surface area contributed by atoms with Crippen molar-refractivity contribution in [2.75, 3.05) is 19.8 Å². The molecule has 9 heteroatoms. The molecular weight excluding hydrogens is 329 g/mol. The number of rotatable bonds is 4. The molecule has 130 valence electrons. The van der Waals surface area contributed by atoms with Crippen LogP contribution in [0.3, 0.4) is 0 Å². The van der Waals surface area contributed by atoms with Gasteiger partial charge in [0.05, 0.1) is 11.7 Å². The third kappa shape index (κ3) is 3.78. The lowest BCUT2D eigenvalue weighted by atomic mass is 10.1. The topological polar surface area (TPSA) is 69.2 Å². The van der Waals surface area contributed by atoms with Crippen molar-refractivity contribution in [2.45, 2.75) is 25.1 Å². The molecule has 0 spiro atoms. The Hall–Kier alpha value is -2.29. The van der Waals surface area contributed by atoms with Gasteiger partial charge in [-0.15, -0.1) is 0 Å². The van der Waals surface area contributed by atoms with Crippen molar-refractivity contribution in [3.05, 3.63) is 29.3 Å². The summed E-state index contributed by atoms with van der Waals surface area (Å²) in [5.74, 6) is -0.261. The van der Waals surface area contributed by atoms with E-state index in [1.54, 1.807) is 0 Å². The third-order valence-corrected chi connectivity index (χ3v) is 3.69. The van der Waals surface area contributed by atoms with Gasteiger partial charge in [0.25, 0.3) is 0 Å². The first kappa shape index (κ1) is 16.6. The number of ether oxygens (including phenoxy) is 3. The molecule has 2 heterocycles. The summed E-state index contributed by atoms with van der Waals surface area (Å²) in [6.07, 6.45) is -3.86. The number of cyclic esters (lactones) is 1. The van der Waals surface area contributed by atoms with E-state index in [-0.39, 0.29) is 36.3 Å². The zero-order chi connectivity index (χ0) is 17.2. The largest absolute Gasteiger partial charge is 0.490 e. The van der Waals surface area contributed by atoms with Gasteiger partial charge in [0.1, 0.15) is 24.7 Å². The fourth-order valence-corrected chi connectivity index (χ4v) is 2.47. The molecule has 0 unspecified atom stereocenters. The number of alkyl halides is 3. The molecule has 24 heavy (non-hydrogen) atoms. The van der Waals surface area contributed by atoms with Crippen LogP contribution in [-0.2, 0) is 15.7 Å². The maximum Gasteiger partial charge on any atom is 0.428 e. The van der Waals surface area contributed by atoms with Gasteiger partial charge in [0.15, 0.2) is 0 Å². The Morgan fingerprint density at radius 3 is 2.83 bits per heavy atom. The third-order valence-electron chi connectivity index (χ3n) is 3.69. The SMILES string of the molecule is O=C1NN=C(c2ccc(OC[C@@H]3CCCO3)c(C(F)(F)F)c2)CO1. The minimum atomic E-state index is -4.58. The summed E-state index contributed by atoms with van der Waals surface area (Å²) in [5.41, 5.74) is 1.56. The predicted octanol–water partition coefficient (Wildman–Crippen LogP) is 2.71. The van der Waals surface area contributed by atoms with E-state index in [1.165, 1.54) is 12.1 Å². The predicted molar refractivity (Wildman–Crippen MR) is 76.9 cm³/mol. The highest BCUT2D eigenvalue weighted by molar-refractivity contribution is 6.03. The molecule has 1 aromatic rings. The Kier molecular flexibility index (Phi) is 4.61. The minimum Gasteiger partial charge on any atom is -0.490 e. The highest BCUT2D eigenvalue weighted by atomic mass is 19.4. The Morgan fingerprint density at radius 2 is 2.21 bits per heavy atom. The zero-order valence-electron chi connectivity index (χ0n) is 12.6. The van der Waals surface area contributed by atoms with E-state index in [0.717, 1.165) is 18.9 Å². The molecule has 1 atom stereocenters. The highest BCUT2D eigenvalue weighted by Crippen LogP contribution is 2.37. The number of carbonyl (C=O) groups is 1. The van der Waals surface area contributed by atoms with Crippen molar-refractivity contribution in [1.82, 2.24) is 5.43 Å². The molecule has 0 saturated carbocycles. The van der Waals surface area contributed by atoms with Gasteiger partial charge in [0, 0.05) is 12.2 Å².